The summed E-state index contributed by atoms with van der Waals surface area (Å²) in [5, 5.41) is 15.7. The summed E-state index contributed by atoms with van der Waals surface area (Å²) in [5.74, 6) is -0.0544. The van der Waals surface area contributed by atoms with Crippen LogP contribution in [0.2, 0.25) is 0 Å². The molecule has 0 spiro atoms. The highest BCUT2D eigenvalue weighted by atomic mass is 32.1. The molecule has 5 rings (SSSR count). The quantitative estimate of drug-likeness (QED) is 0.388. The van der Waals surface area contributed by atoms with Crippen LogP contribution in [-0.2, 0) is 4.74 Å². The van der Waals surface area contributed by atoms with Gasteiger partial charge in [0.2, 0.25) is 0 Å². The van der Waals surface area contributed by atoms with Gasteiger partial charge in [-0.3, -0.25) is 14.7 Å². The fourth-order valence-electron chi connectivity index (χ4n) is 3.96. The molecular weight excluding hydrogens is 450 g/mol. The molecule has 0 radical (unpaired) electrons. The van der Waals surface area contributed by atoms with E-state index in [1.54, 1.807) is 41.7 Å². The van der Waals surface area contributed by atoms with E-state index in [1.807, 2.05) is 36.6 Å². The van der Waals surface area contributed by atoms with Crippen LogP contribution in [0.15, 0.2) is 60.0 Å². The largest absolute Gasteiger partial charge is 0.378 e. The van der Waals surface area contributed by atoms with Crippen LogP contribution in [0.5, 0.6) is 0 Å². The zero-order valence-electron chi connectivity index (χ0n) is 18.7. The van der Waals surface area contributed by atoms with E-state index in [0.717, 1.165) is 29.2 Å². The average Bonchev–Trinajstić information content (AvgIpc) is 3.55. The van der Waals surface area contributed by atoms with E-state index in [0.29, 0.717) is 35.5 Å². The van der Waals surface area contributed by atoms with Gasteiger partial charge >= 0.3 is 0 Å². The average molecular weight is 476 g/mol. The molecule has 0 aliphatic carbocycles. The number of aromatic amines is 1. The van der Waals surface area contributed by atoms with Crippen molar-refractivity contribution in [3.8, 4) is 0 Å². The van der Waals surface area contributed by atoms with Crippen LogP contribution in [-0.4, -0.2) is 48.3 Å². The Labute approximate surface area is 200 Å². The molecule has 2 aromatic heterocycles. The summed E-state index contributed by atoms with van der Waals surface area (Å²) in [7, 11) is 0. The lowest BCUT2D eigenvalue weighted by Crippen LogP contribution is -2.36. The van der Waals surface area contributed by atoms with Gasteiger partial charge in [0.15, 0.2) is 5.82 Å². The first-order chi connectivity index (χ1) is 16.6. The van der Waals surface area contributed by atoms with Crippen molar-refractivity contribution in [3.05, 3.63) is 76.0 Å². The summed E-state index contributed by atoms with van der Waals surface area (Å²) >= 11 is 1.60. The van der Waals surface area contributed by atoms with Crippen LogP contribution in [0, 0.1) is 0 Å². The zero-order chi connectivity index (χ0) is 23.5. The number of hydrogen-bond donors (Lipinski definition) is 3. The molecule has 3 N–H and O–H groups in total. The monoisotopic (exact) mass is 475 g/mol. The molecule has 3 heterocycles. The summed E-state index contributed by atoms with van der Waals surface area (Å²) in [4.78, 5) is 29.0. The summed E-state index contributed by atoms with van der Waals surface area (Å²) in [6, 6.07) is 16.6. The molecule has 1 atom stereocenters. The van der Waals surface area contributed by atoms with E-state index in [9.17, 15) is 9.59 Å². The Morgan fingerprint density at radius 2 is 1.82 bits per heavy atom. The fourth-order valence-corrected chi connectivity index (χ4v) is 4.70. The molecule has 1 aliphatic rings. The van der Waals surface area contributed by atoms with E-state index >= 15 is 0 Å². The van der Waals surface area contributed by atoms with Gasteiger partial charge in [0.25, 0.3) is 11.8 Å². The number of H-pyrrole nitrogens is 1. The van der Waals surface area contributed by atoms with Crippen molar-refractivity contribution >= 4 is 45.6 Å². The molecule has 0 saturated carbocycles. The van der Waals surface area contributed by atoms with E-state index in [-0.39, 0.29) is 17.9 Å². The van der Waals surface area contributed by atoms with Crippen molar-refractivity contribution < 1.29 is 14.3 Å². The number of fused-ring (bicyclic) bond motifs is 1. The third-order valence-corrected chi connectivity index (χ3v) is 6.94. The number of nitrogens with one attached hydrogen (secondary N) is 3. The number of anilines is 2. The topological polar surface area (TPSA) is 99.3 Å². The molecule has 2 amide bonds. The van der Waals surface area contributed by atoms with Crippen molar-refractivity contribution in [3.63, 3.8) is 0 Å². The third kappa shape index (κ3) is 4.66. The lowest BCUT2D eigenvalue weighted by Gasteiger charge is -2.28. The SMILES string of the molecule is CC(NC(=O)c1ccc2[nH]nc(NC(=O)c3ccc(N4CCOCC4)cc3)c2c1)c1cccs1. The van der Waals surface area contributed by atoms with E-state index < -0.39 is 0 Å². The smallest absolute Gasteiger partial charge is 0.256 e. The van der Waals surface area contributed by atoms with Crippen molar-refractivity contribution in [2.24, 2.45) is 0 Å². The first kappa shape index (κ1) is 22.1. The molecule has 9 heteroatoms. The summed E-state index contributed by atoms with van der Waals surface area (Å²) < 4.78 is 5.40. The Bertz CT molecular complexity index is 1290. The first-order valence-electron chi connectivity index (χ1n) is 11.1. The van der Waals surface area contributed by atoms with Gasteiger partial charge in [0, 0.05) is 40.2 Å². The van der Waals surface area contributed by atoms with Crippen LogP contribution in [0.25, 0.3) is 10.9 Å². The molecule has 1 unspecified atom stereocenters. The van der Waals surface area contributed by atoms with Crippen LogP contribution in [0.3, 0.4) is 0 Å². The Kier molecular flexibility index (Phi) is 6.29. The molecule has 8 nitrogen and oxygen atoms in total. The second-order valence-electron chi connectivity index (χ2n) is 8.14. The van der Waals surface area contributed by atoms with Crippen LogP contribution < -0.4 is 15.5 Å². The van der Waals surface area contributed by atoms with E-state index in [1.165, 1.54) is 0 Å². The van der Waals surface area contributed by atoms with Crippen molar-refractivity contribution in [2.45, 2.75) is 13.0 Å². The number of nitrogens with zero attached hydrogens (tertiary/aromatic N) is 2. The molecule has 174 valence electrons. The van der Waals surface area contributed by atoms with Gasteiger partial charge in [-0.15, -0.1) is 11.3 Å². The number of thiophene rings is 1. The molecule has 1 aliphatic heterocycles. The number of amides is 2. The van der Waals surface area contributed by atoms with Gasteiger partial charge in [-0.25, -0.2) is 0 Å². The normalized spacial score (nSPS) is 14.7. The maximum Gasteiger partial charge on any atom is 0.256 e. The minimum atomic E-state index is -0.261. The molecule has 34 heavy (non-hydrogen) atoms. The molecule has 0 bridgehead atoms. The number of carbonyl (C=O) groups excluding carboxylic acids is 2. The van der Waals surface area contributed by atoms with E-state index in [2.05, 4.69) is 25.7 Å². The Morgan fingerprint density at radius 3 is 2.56 bits per heavy atom. The molecule has 4 aromatic rings. The van der Waals surface area contributed by atoms with Crippen LogP contribution in [0.4, 0.5) is 11.5 Å². The number of ether oxygens (including phenoxy) is 1. The van der Waals surface area contributed by atoms with Gasteiger partial charge in [0.05, 0.1) is 24.8 Å². The van der Waals surface area contributed by atoms with Crippen molar-refractivity contribution in [2.75, 3.05) is 36.5 Å². The lowest BCUT2D eigenvalue weighted by atomic mass is 10.1. The molecule has 1 saturated heterocycles. The maximum absolute atomic E-state index is 12.9. The second kappa shape index (κ2) is 9.66. The Balaban J connectivity index is 1.30. The molecular formula is C25H25N5O3S. The van der Waals surface area contributed by atoms with Gasteiger partial charge in [-0.1, -0.05) is 6.07 Å². The number of morpholine rings is 1. The Morgan fingerprint density at radius 1 is 1.06 bits per heavy atom. The van der Waals surface area contributed by atoms with Crippen molar-refractivity contribution in [1.29, 1.82) is 0 Å². The minimum Gasteiger partial charge on any atom is -0.378 e. The fraction of sp³-hybridized carbons (Fsp3) is 0.240. The summed E-state index contributed by atoms with van der Waals surface area (Å²) in [6.45, 7) is 5.05. The number of carbonyl (C=O) groups is 2. The van der Waals surface area contributed by atoms with Gasteiger partial charge in [-0.2, -0.15) is 5.10 Å². The third-order valence-electron chi connectivity index (χ3n) is 5.88. The van der Waals surface area contributed by atoms with Crippen LogP contribution >= 0.6 is 11.3 Å². The summed E-state index contributed by atoms with van der Waals surface area (Å²) in [5.41, 5.74) is 2.84. The standard InChI is InChI=1S/C25H25N5O3S/c1-16(22-3-2-14-34-22)26-25(32)18-6-9-21-20(15-18)23(29-28-21)27-24(31)17-4-7-19(8-5-17)30-10-12-33-13-11-30/h2-9,14-16H,10-13H2,1H3,(H,26,32)(H2,27,28,29,31). The number of aromatic nitrogens is 2. The molecule has 2 aromatic carbocycles. The number of rotatable bonds is 6. The highest BCUT2D eigenvalue weighted by molar-refractivity contribution is 7.10. The van der Waals surface area contributed by atoms with E-state index in [4.69, 9.17) is 4.74 Å². The lowest BCUT2D eigenvalue weighted by molar-refractivity contribution is 0.0940. The number of benzene rings is 2. The second-order valence-corrected chi connectivity index (χ2v) is 9.12. The van der Waals surface area contributed by atoms with Gasteiger partial charge in [-0.05, 0) is 60.8 Å². The highest BCUT2D eigenvalue weighted by Gasteiger charge is 2.17. The van der Waals surface area contributed by atoms with Gasteiger partial charge < -0.3 is 20.3 Å². The Hall–Kier alpha value is -3.69. The molecule has 1 fully saturated rings. The zero-order valence-corrected chi connectivity index (χ0v) is 19.5. The maximum atomic E-state index is 12.9. The predicted octanol–water partition coefficient (Wildman–Crippen LogP) is 4.20. The highest BCUT2D eigenvalue weighted by Crippen LogP contribution is 2.24. The van der Waals surface area contributed by atoms with Crippen molar-refractivity contribution in [1.82, 2.24) is 15.5 Å². The summed E-state index contributed by atoms with van der Waals surface area (Å²) in [6.07, 6.45) is 0. The first-order valence-corrected chi connectivity index (χ1v) is 12.0. The van der Waals surface area contributed by atoms with Crippen LogP contribution in [0.1, 0.15) is 38.6 Å². The van der Waals surface area contributed by atoms with Gasteiger partial charge in [0.1, 0.15) is 0 Å². The minimum absolute atomic E-state index is 0.0906. The number of hydrogen-bond acceptors (Lipinski definition) is 6. The predicted molar refractivity (Wildman–Crippen MR) is 134 cm³/mol.